The molecule has 0 spiro atoms. The summed E-state index contributed by atoms with van der Waals surface area (Å²) in [6.45, 7) is 21.3. The number of fused-ring (bicyclic) bond motifs is 4. The molecule has 0 amide bonds. The van der Waals surface area contributed by atoms with E-state index in [4.69, 9.17) is 14.5 Å². The maximum Gasteiger partial charge on any atom is 0.129 e. The largest absolute Gasteiger partial charge is 0.361 e. The lowest BCUT2D eigenvalue weighted by atomic mass is 10.1. The Morgan fingerprint density at radius 2 is 1.27 bits per heavy atom. The van der Waals surface area contributed by atoms with Gasteiger partial charge < -0.3 is 28.8 Å². The second-order valence-corrected chi connectivity index (χ2v) is 32.0. The molecule has 0 radical (unpaired) electrons. The fourth-order valence-electron chi connectivity index (χ4n) is 8.23. The van der Waals surface area contributed by atoms with Gasteiger partial charge >= 0.3 is 0 Å². The van der Waals surface area contributed by atoms with Crippen LogP contribution in [0, 0.1) is 46.3 Å². The summed E-state index contributed by atoms with van der Waals surface area (Å²) in [7, 11) is -2.05. The minimum Gasteiger partial charge on any atom is -0.361 e. The van der Waals surface area contributed by atoms with Gasteiger partial charge in [-0.25, -0.2) is 19.9 Å². The predicted molar refractivity (Wildman–Crippen MR) is 264 cm³/mol. The van der Waals surface area contributed by atoms with E-state index in [1.807, 2.05) is 54.7 Å². The molecule has 2 aliphatic heterocycles. The highest BCUT2D eigenvalue weighted by atomic mass is 79.9. The highest BCUT2D eigenvalue weighted by molar-refractivity contribution is 9.10. The zero-order valence-corrected chi connectivity index (χ0v) is 41.3. The van der Waals surface area contributed by atoms with Gasteiger partial charge in [0.25, 0.3) is 0 Å². The van der Waals surface area contributed by atoms with Crippen molar-refractivity contribution in [1.82, 2.24) is 34.4 Å². The first-order chi connectivity index (χ1) is 30.3. The number of aromatic nitrogens is 6. The third-order valence-electron chi connectivity index (χ3n) is 12.4. The Kier molecular flexibility index (Phi) is 13.7. The van der Waals surface area contributed by atoms with E-state index in [0.717, 1.165) is 89.2 Å². The topological polar surface area (TPSA) is 95.1 Å². The first-order valence-corrected chi connectivity index (χ1v) is 30.5. The van der Waals surface area contributed by atoms with E-state index in [9.17, 15) is 0 Å². The van der Waals surface area contributed by atoms with Crippen LogP contribution in [0.3, 0.4) is 0 Å². The van der Waals surface area contributed by atoms with Crippen LogP contribution in [-0.2, 0) is 22.9 Å². The summed E-state index contributed by atoms with van der Waals surface area (Å²) in [6.07, 6.45) is 10.2. The number of pyridine rings is 4. The van der Waals surface area contributed by atoms with Crippen LogP contribution in [0.4, 0.5) is 5.82 Å². The average Bonchev–Trinajstić information content (AvgIpc) is 3.74. The molecular formula is C50H61BrN8O2Si2. The smallest absolute Gasteiger partial charge is 0.129 e. The number of nitrogens with zero attached hydrogens (tertiary/aromatic N) is 7. The summed E-state index contributed by atoms with van der Waals surface area (Å²) in [5.74, 6) is 15.9. The number of halogens is 1. The number of ether oxygens (including phenoxy) is 2. The number of hydrogen-bond acceptors (Lipinski definition) is 8. The van der Waals surface area contributed by atoms with Crippen molar-refractivity contribution in [3.8, 4) is 23.7 Å². The van der Waals surface area contributed by atoms with Crippen LogP contribution in [0.5, 0.6) is 0 Å². The molecule has 8 heterocycles. The van der Waals surface area contributed by atoms with Crippen molar-refractivity contribution in [3.05, 3.63) is 114 Å². The molecule has 328 valence electrons. The Bertz CT molecular complexity index is 2620. The molecule has 1 N–H and O–H groups in total. The summed E-state index contributed by atoms with van der Waals surface area (Å²) in [4.78, 5) is 20.3. The quantitative estimate of drug-likeness (QED) is 0.0595. The molecule has 2 aliphatic carbocycles. The van der Waals surface area contributed by atoms with Gasteiger partial charge in [0.15, 0.2) is 0 Å². The average molecular weight is 942 g/mol. The van der Waals surface area contributed by atoms with Crippen molar-refractivity contribution >= 4 is 60.0 Å². The molecule has 13 heteroatoms. The predicted octanol–water partition coefficient (Wildman–Crippen LogP) is 9.78. The van der Waals surface area contributed by atoms with Gasteiger partial charge in [-0.3, -0.25) is 0 Å². The molecule has 63 heavy (non-hydrogen) atoms. The monoisotopic (exact) mass is 940 g/mol. The van der Waals surface area contributed by atoms with Gasteiger partial charge in [0.2, 0.25) is 0 Å². The van der Waals surface area contributed by atoms with Crippen molar-refractivity contribution in [1.29, 1.82) is 0 Å². The number of nitrogens with one attached hydrogen (secondary N) is 1. The maximum atomic E-state index is 5.93. The molecule has 4 fully saturated rings. The molecule has 4 atom stereocenters. The van der Waals surface area contributed by atoms with E-state index < -0.39 is 16.1 Å². The zero-order valence-electron chi connectivity index (χ0n) is 37.7. The van der Waals surface area contributed by atoms with E-state index >= 15 is 0 Å². The number of anilines is 1. The Labute approximate surface area is 383 Å². The molecule has 6 aromatic heterocycles. The lowest BCUT2D eigenvalue weighted by Gasteiger charge is -2.20. The van der Waals surface area contributed by atoms with Crippen LogP contribution in [0.25, 0.3) is 22.1 Å². The molecule has 6 aromatic rings. The van der Waals surface area contributed by atoms with E-state index in [-0.39, 0.29) is 5.41 Å². The fraction of sp³-hybridized carbons (Fsp3) is 0.440. The highest BCUT2D eigenvalue weighted by Gasteiger charge is 2.59. The molecule has 4 aliphatic rings. The zero-order chi connectivity index (χ0) is 44.1. The summed E-state index contributed by atoms with van der Waals surface area (Å²) in [6, 6.07) is 26.6. The molecule has 0 aromatic carbocycles. The van der Waals surface area contributed by atoms with E-state index in [1.54, 1.807) is 12.4 Å². The number of rotatable bonds is 11. The molecule has 0 bridgehead atoms. The number of piperidine rings is 2. The summed E-state index contributed by atoms with van der Waals surface area (Å²) < 4.78 is 16.8. The normalized spacial score (nSPS) is 21.8. The maximum absolute atomic E-state index is 5.93. The second kappa shape index (κ2) is 19.2. The minimum atomic E-state index is -1.05. The van der Waals surface area contributed by atoms with E-state index in [1.165, 1.54) is 24.9 Å². The van der Waals surface area contributed by atoms with Crippen LogP contribution in [0.15, 0.2) is 102 Å². The van der Waals surface area contributed by atoms with Gasteiger partial charge in [-0.05, 0) is 132 Å². The van der Waals surface area contributed by atoms with Crippen LogP contribution in [0.2, 0.25) is 51.4 Å². The summed E-state index contributed by atoms with van der Waals surface area (Å²) in [5, 5.41) is 3.38. The lowest BCUT2D eigenvalue weighted by Crippen LogP contribution is -2.25. The van der Waals surface area contributed by atoms with Gasteiger partial charge in [-0.2, -0.15) is 0 Å². The van der Waals surface area contributed by atoms with Gasteiger partial charge in [0.05, 0.1) is 27.5 Å². The SMILES string of the molecule is C(#CC12CNCC1C2)c1ccccn1.C[Si](C)(C)CCOCn1ccc2nc(Br)ccc21.C[Si](C)(C)CCOCn1ccc2nc(N3CC4CC4(C#Cc4ccccn4)C3)ccc21. The van der Waals surface area contributed by atoms with Crippen LogP contribution in [0.1, 0.15) is 24.2 Å². The second-order valence-electron chi connectivity index (χ2n) is 19.9. The Balaban J connectivity index is 0.000000143. The van der Waals surface area contributed by atoms with Gasteiger partial charge in [0, 0.05) is 79.2 Å². The molecule has 10 rings (SSSR count). The van der Waals surface area contributed by atoms with Crippen molar-refractivity contribution in [2.45, 2.75) is 77.7 Å². The molecule has 10 nitrogen and oxygen atoms in total. The van der Waals surface area contributed by atoms with Crippen molar-refractivity contribution < 1.29 is 9.47 Å². The van der Waals surface area contributed by atoms with Crippen molar-refractivity contribution in [3.63, 3.8) is 0 Å². The third kappa shape index (κ3) is 12.0. The van der Waals surface area contributed by atoms with E-state index in [0.29, 0.717) is 24.8 Å². The summed E-state index contributed by atoms with van der Waals surface area (Å²) >= 11 is 3.38. The third-order valence-corrected chi connectivity index (χ3v) is 16.2. The molecular weight excluding hydrogens is 881 g/mol. The van der Waals surface area contributed by atoms with Crippen LogP contribution in [-0.4, -0.2) is 84.6 Å². The molecule has 2 saturated carbocycles. The fourth-order valence-corrected chi connectivity index (χ4v) is 10.1. The van der Waals surface area contributed by atoms with Gasteiger partial charge in [0.1, 0.15) is 35.3 Å². The van der Waals surface area contributed by atoms with Gasteiger partial charge in [-0.15, -0.1) is 0 Å². The van der Waals surface area contributed by atoms with Gasteiger partial charge in [-0.1, -0.05) is 63.3 Å². The standard InChI is InChI=1S/C25H30N4OSi.C13H19BrN2OSi.C12H12N2/c1-31(2,3)15-14-30-19-28-13-10-22-23(28)7-8-24(27-22)29-17-20-16-25(20,18-29)11-9-21-6-4-5-12-26-21;1-18(2,3)9-8-17-10-16-7-6-11-12(16)4-5-13(14)15-11;1-2-6-14-11(3-1)4-5-12-7-10(12)8-13-9-12/h4-8,10,12-13,20H,14-19H2,1-3H3;4-7H,8-10H2,1-3H3;1-3,6,10,13H,7-9H2. The Morgan fingerprint density at radius 3 is 1.81 bits per heavy atom. The van der Waals surface area contributed by atoms with E-state index in [2.05, 4.69) is 144 Å². The molecule has 4 unspecified atom stereocenters. The van der Waals surface area contributed by atoms with Crippen LogP contribution >= 0.6 is 15.9 Å². The lowest BCUT2D eigenvalue weighted by molar-refractivity contribution is 0.0901. The molecule has 2 saturated heterocycles. The minimum absolute atomic E-state index is 0.115. The Hall–Kier alpha value is -4.61. The Morgan fingerprint density at radius 1 is 0.698 bits per heavy atom. The first kappa shape index (κ1) is 45.0. The van der Waals surface area contributed by atoms with Crippen LogP contribution < -0.4 is 10.2 Å². The highest BCUT2D eigenvalue weighted by Crippen LogP contribution is 2.58. The summed E-state index contributed by atoms with van der Waals surface area (Å²) in [5.41, 5.74) is 6.44. The van der Waals surface area contributed by atoms with Crippen molar-refractivity contribution in [2.24, 2.45) is 22.7 Å². The van der Waals surface area contributed by atoms with Crippen molar-refractivity contribution in [2.75, 3.05) is 44.3 Å². The first-order valence-electron chi connectivity index (χ1n) is 22.3. The number of hydrogen-bond donors (Lipinski definition) is 1.